The fraction of sp³-hybridized carbons (Fsp3) is 0.556. The predicted molar refractivity (Wildman–Crippen MR) is 269 cm³/mol. The van der Waals surface area contributed by atoms with Crippen LogP contribution in [0.2, 0.25) is 5.15 Å². The van der Waals surface area contributed by atoms with Gasteiger partial charge in [0.2, 0.25) is 11.8 Å². The standard InChI is InChI=1S/C54H66ClN7O9/c1-26-9-15-43(61(26)51(63)47(58-53(65)67-7)34-17-28(3)70-29(4)18-34)42-23-39-38-24-45-40(22-32(38)12-14-41(39)56-42)37-13-11-33(21-36(37)25-69-45)46-49(55)60-50(57-46)44-16-10-27(2)62(44)52(64)48(59-54(66)68-8)35-19-30(5)71-31(6)20-35/h11-14,21-22,24,26-31,34-35,43-44,47-48H,9-10,15-20,23,25H2,1-8H3,(H,57,60)(H,58,65)(H,59,66)/t26-,27-,28+,29+,30-,31+,35?,43-,44-,47-,48-/m0/s1. The molecule has 1 unspecified atom stereocenters. The third kappa shape index (κ3) is 9.36. The maximum Gasteiger partial charge on any atom is 0.407 e. The minimum Gasteiger partial charge on any atom is -0.488 e. The van der Waals surface area contributed by atoms with Crippen LogP contribution in [0.5, 0.6) is 5.75 Å². The molecule has 0 spiro atoms. The molecule has 6 aliphatic rings. The Morgan fingerprint density at radius 2 is 1.31 bits per heavy atom. The molecule has 1 aromatic heterocycles. The lowest BCUT2D eigenvalue weighted by Crippen LogP contribution is -2.57. The van der Waals surface area contributed by atoms with Gasteiger partial charge in [-0.3, -0.25) is 14.6 Å². The van der Waals surface area contributed by atoms with E-state index < -0.39 is 24.3 Å². The summed E-state index contributed by atoms with van der Waals surface area (Å²) in [6.45, 7) is 12.5. The van der Waals surface area contributed by atoms with E-state index in [1.165, 1.54) is 14.2 Å². The minimum absolute atomic E-state index is 0.0246. The summed E-state index contributed by atoms with van der Waals surface area (Å²) >= 11 is 6.97. The number of carbonyl (C=O) groups is 4. The zero-order valence-electron chi connectivity index (χ0n) is 41.9. The summed E-state index contributed by atoms with van der Waals surface area (Å²) in [6, 6.07) is 12.5. The number of H-pyrrole nitrogens is 1. The zero-order valence-corrected chi connectivity index (χ0v) is 42.6. The summed E-state index contributed by atoms with van der Waals surface area (Å²) in [7, 11) is 2.63. The van der Waals surface area contributed by atoms with Crippen LogP contribution in [0.1, 0.15) is 116 Å². The molecular formula is C54H66ClN7O9. The second-order valence-electron chi connectivity index (χ2n) is 20.9. The van der Waals surface area contributed by atoms with Crippen LogP contribution < -0.4 is 15.4 Å². The molecule has 11 atom stereocenters. The van der Waals surface area contributed by atoms with Crippen LogP contribution in [0.15, 0.2) is 47.5 Å². The number of alkyl carbamates (subject to hydrolysis) is 2. The molecule has 0 bridgehead atoms. The van der Waals surface area contributed by atoms with Crippen LogP contribution in [0.4, 0.5) is 15.3 Å². The van der Waals surface area contributed by atoms with Gasteiger partial charge in [0.15, 0.2) is 0 Å². The van der Waals surface area contributed by atoms with Crippen molar-refractivity contribution < 1.29 is 42.9 Å². The Kier molecular flexibility index (Phi) is 13.6. The van der Waals surface area contributed by atoms with Crippen molar-refractivity contribution in [1.82, 2.24) is 30.4 Å². The predicted octanol–water partition coefficient (Wildman–Crippen LogP) is 9.36. The fourth-order valence-electron chi connectivity index (χ4n) is 12.8. The van der Waals surface area contributed by atoms with E-state index in [1.807, 2.05) is 50.5 Å². The number of aliphatic imine (C=N–C) groups is 1. The second kappa shape index (κ2) is 19.7. The lowest BCUT2D eigenvalue weighted by Gasteiger charge is -2.39. The molecular weight excluding hydrogens is 926 g/mol. The summed E-state index contributed by atoms with van der Waals surface area (Å²) in [6.07, 6.45) is 4.85. The first kappa shape index (κ1) is 48.9. The maximum absolute atomic E-state index is 14.7. The number of imidazole rings is 1. The van der Waals surface area contributed by atoms with Gasteiger partial charge in [-0.15, -0.1) is 0 Å². The molecule has 6 aliphatic heterocycles. The number of hydrogen-bond donors (Lipinski definition) is 3. The Morgan fingerprint density at radius 1 is 0.732 bits per heavy atom. The van der Waals surface area contributed by atoms with Crippen molar-refractivity contribution in [2.45, 2.75) is 167 Å². The number of aromatic amines is 1. The Balaban J connectivity index is 0.877. The van der Waals surface area contributed by atoms with Crippen molar-refractivity contribution in [3.05, 3.63) is 64.6 Å². The SMILES string of the molecule is COC(=O)N[C@H](C(=O)N1[C@@H](C)CC[C@H]1C1=Nc2ccc3cc4c(cc3c2C1)OCc1cc(-c2nc([C@@H]3CC[C@H](C)N3C(=O)[C@@H](NC(=O)OC)C3C[C@@H](C)O[C@@H](C)C3)[nH]c2Cl)ccc1-4)C1C[C@@H](C)O[C@H](C)C1. The third-order valence-corrected chi connectivity index (χ3v) is 16.2. The molecule has 16 nitrogen and oxygen atoms in total. The van der Waals surface area contributed by atoms with Crippen LogP contribution in [0, 0.1) is 11.8 Å². The lowest BCUT2D eigenvalue weighted by molar-refractivity contribution is -0.140. The quantitative estimate of drug-likeness (QED) is 0.146. The van der Waals surface area contributed by atoms with Gasteiger partial charge in [-0.2, -0.15) is 0 Å². The first-order valence-electron chi connectivity index (χ1n) is 25.4. The summed E-state index contributed by atoms with van der Waals surface area (Å²) < 4.78 is 28.5. The molecule has 4 saturated heterocycles. The first-order valence-corrected chi connectivity index (χ1v) is 25.8. The van der Waals surface area contributed by atoms with Gasteiger partial charge in [-0.25, -0.2) is 14.6 Å². The van der Waals surface area contributed by atoms with E-state index in [0.29, 0.717) is 61.8 Å². The molecule has 17 heteroatoms. The molecule has 3 N–H and O–H groups in total. The van der Waals surface area contributed by atoms with Crippen molar-refractivity contribution in [3.8, 4) is 28.1 Å². The van der Waals surface area contributed by atoms with E-state index in [1.54, 1.807) is 0 Å². The highest BCUT2D eigenvalue weighted by atomic mass is 35.5. The van der Waals surface area contributed by atoms with Crippen molar-refractivity contribution in [3.63, 3.8) is 0 Å². The third-order valence-electron chi connectivity index (χ3n) is 16.0. The topological polar surface area (TPSA) is 186 Å². The van der Waals surface area contributed by atoms with Crippen molar-refractivity contribution >= 4 is 57.8 Å². The molecule has 0 radical (unpaired) electrons. The average Bonchev–Trinajstić information content (AvgIpc) is 4.15. The van der Waals surface area contributed by atoms with Crippen LogP contribution in [-0.4, -0.2) is 118 Å². The van der Waals surface area contributed by atoms with Crippen LogP contribution in [-0.2, 0) is 41.6 Å². The van der Waals surface area contributed by atoms with Gasteiger partial charge in [0.25, 0.3) is 0 Å². The number of amides is 4. The van der Waals surface area contributed by atoms with E-state index in [0.717, 1.165) is 75.0 Å². The van der Waals surface area contributed by atoms with Gasteiger partial charge in [0, 0.05) is 35.3 Å². The monoisotopic (exact) mass is 991 g/mol. The highest BCUT2D eigenvalue weighted by molar-refractivity contribution is 6.32. The Labute approximate surface area is 419 Å². The molecule has 0 saturated carbocycles. The van der Waals surface area contributed by atoms with Gasteiger partial charge >= 0.3 is 12.2 Å². The normalized spacial score (nSPS) is 28.8. The number of aromatic nitrogens is 2. The van der Waals surface area contributed by atoms with Crippen LogP contribution in [0.3, 0.4) is 0 Å². The van der Waals surface area contributed by atoms with Crippen LogP contribution >= 0.6 is 11.6 Å². The second-order valence-corrected chi connectivity index (χ2v) is 21.3. The molecule has 0 aliphatic carbocycles. The smallest absolute Gasteiger partial charge is 0.407 e. The van der Waals surface area contributed by atoms with Gasteiger partial charge in [0.05, 0.1) is 56.4 Å². The fourth-order valence-corrected chi connectivity index (χ4v) is 13.1. The number of benzene rings is 3. The van der Waals surface area contributed by atoms with E-state index in [9.17, 15) is 19.2 Å². The van der Waals surface area contributed by atoms with E-state index >= 15 is 0 Å². The van der Waals surface area contributed by atoms with Crippen molar-refractivity contribution in [2.24, 2.45) is 16.8 Å². The molecule has 4 amide bonds. The largest absolute Gasteiger partial charge is 0.488 e. The Bertz CT molecular complexity index is 2760. The molecule has 10 rings (SSSR count). The highest BCUT2D eigenvalue weighted by Crippen LogP contribution is 2.46. The summed E-state index contributed by atoms with van der Waals surface area (Å²) in [5.74, 6) is 0.893. The lowest BCUT2D eigenvalue weighted by atomic mass is 9.85. The van der Waals surface area contributed by atoms with Crippen molar-refractivity contribution in [1.29, 1.82) is 0 Å². The molecule has 3 aromatic carbocycles. The number of carbonyl (C=O) groups excluding carboxylic acids is 4. The number of methoxy groups -OCH3 is 2. The minimum atomic E-state index is -0.784. The van der Waals surface area contributed by atoms with Crippen LogP contribution in [0.25, 0.3) is 33.2 Å². The number of fused-ring (bicyclic) bond motifs is 6. The van der Waals surface area contributed by atoms with Crippen molar-refractivity contribution in [2.75, 3.05) is 14.2 Å². The van der Waals surface area contributed by atoms with E-state index in [-0.39, 0.29) is 72.2 Å². The Hall–Kier alpha value is -5.71. The molecule has 4 aromatic rings. The number of nitrogens with one attached hydrogen (secondary N) is 3. The number of hydrogen-bond acceptors (Lipinski definition) is 11. The number of ether oxygens (including phenoxy) is 5. The molecule has 378 valence electrons. The van der Waals surface area contributed by atoms with E-state index in [2.05, 4.69) is 58.9 Å². The summed E-state index contributed by atoms with van der Waals surface area (Å²) in [5.41, 5.74) is 7.40. The number of halogens is 1. The summed E-state index contributed by atoms with van der Waals surface area (Å²) in [4.78, 5) is 71.9. The summed E-state index contributed by atoms with van der Waals surface area (Å²) in [5, 5.41) is 8.29. The first-order chi connectivity index (χ1) is 34.1. The zero-order chi connectivity index (χ0) is 50.0. The molecule has 7 heterocycles. The van der Waals surface area contributed by atoms with Gasteiger partial charge in [0.1, 0.15) is 41.1 Å². The van der Waals surface area contributed by atoms with Gasteiger partial charge < -0.3 is 49.1 Å². The number of likely N-dealkylation sites (tertiary alicyclic amines) is 2. The molecule has 4 fully saturated rings. The van der Waals surface area contributed by atoms with Gasteiger partial charge in [-0.1, -0.05) is 29.8 Å². The number of rotatable bonds is 9. The van der Waals surface area contributed by atoms with E-state index in [4.69, 9.17) is 45.3 Å². The average molecular weight is 993 g/mol. The maximum atomic E-state index is 14.7. The number of nitrogens with zero attached hydrogens (tertiary/aromatic N) is 4. The van der Waals surface area contributed by atoms with Gasteiger partial charge in [-0.05, 0) is 156 Å². The molecule has 71 heavy (non-hydrogen) atoms. The highest BCUT2D eigenvalue weighted by Gasteiger charge is 2.47. The Morgan fingerprint density at radius 3 is 1.90 bits per heavy atom.